The van der Waals surface area contributed by atoms with Gasteiger partial charge in [0, 0.05) is 31.7 Å². The molecule has 1 aromatic carbocycles. The van der Waals surface area contributed by atoms with Crippen molar-refractivity contribution >= 4 is 0 Å². The minimum atomic E-state index is 0.280. The van der Waals surface area contributed by atoms with Crippen LogP contribution in [0, 0.1) is 0 Å². The first-order chi connectivity index (χ1) is 10.2. The average Bonchev–Trinajstić information content (AvgIpc) is 2.55. The van der Waals surface area contributed by atoms with Crippen molar-refractivity contribution in [2.75, 3.05) is 39.9 Å². The first-order valence-corrected chi connectivity index (χ1v) is 7.96. The zero-order valence-corrected chi connectivity index (χ0v) is 13.5. The first-order valence-electron chi connectivity index (χ1n) is 7.96. The lowest BCUT2D eigenvalue weighted by Crippen LogP contribution is -2.60. The van der Waals surface area contributed by atoms with E-state index in [2.05, 4.69) is 24.1 Å². The summed E-state index contributed by atoms with van der Waals surface area (Å²) in [5.41, 5.74) is 0.280. The third-order valence-electron chi connectivity index (χ3n) is 4.54. The van der Waals surface area contributed by atoms with Crippen LogP contribution in [0.3, 0.4) is 0 Å². The summed E-state index contributed by atoms with van der Waals surface area (Å²) >= 11 is 0. The van der Waals surface area contributed by atoms with Gasteiger partial charge < -0.3 is 14.8 Å². The van der Waals surface area contributed by atoms with Crippen LogP contribution >= 0.6 is 0 Å². The van der Waals surface area contributed by atoms with Crippen LogP contribution in [0.2, 0.25) is 0 Å². The molecule has 0 amide bonds. The number of benzene rings is 1. The van der Waals surface area contributed by atoms with Gasteiger partial charge >= 0.3 is 0 Å². The summed E-state index contributed by atoms with van der Waals surface area (Å²) in [6, 6.07) is 7.82. The molecule has 1 aliphatic rings. The Morgan fingerprint density at radius 2 is 1.90 bits per heavy atom. The quantitative estimate of drug-likeness (QED) is 0.837. The van der Waals surface area contributed by atoms with E-state index >= 15 is 0 Å². The van der Waals surface area contributed by atoms with E-state index in [4.69, 9.17) is 9.47 Å². The molecule has 1 fully saturated rings. The van der Waals surface area contributed by atoms with E-state index in [0.717, 1.165) is 37.7 Å². The number of methoxy groups -OCH3 is 1. The topological polar surface area (TPSA) is 33.7 Å². The average molecular weight is 292 g/mol. The number of piperazine rings is 1. The highest BCUT2D eigenvalue weighted by molar-refractivity contribution is 5.39. The van der Waals surface area contributed by atoms with Crippen LogP contribution in [-0.4, -0.2) is 50.3 Å². The van der Waals surface area contributed by atoms with E-state index in [1.807, 2.05) is 24.3 Å². The zero-order valence-electron chi connectivity index (χ0n) is 13.5. The highest BCUT2D eigenvalue weighted by atomic mass is 16.5. The summed E-state index contributed by atoms with van der Waals surface area (Å²) in [6.45, 7) is 9.46. The maximum Gasteiger partial charge on any atom is 0.161 e. The minimum absolute atomic E-state index is 0.280. The van der Waals surface area contributed by atoms with Crippen LogP contribution in [0.1, 0.15) is 26.7 Å². The molecule has 0 radical (unpaired) electrons. The molecule has 2 rings (SSSR count). The van der Waals surface area contributed by atoms with Crippen molar-refractivity contribution < 1.29 is 9.47 Å². The SMILES string of the molecule is CCC1(CC)CN(CCOc2ccccc2OC)CCN1. The number of hydrogen-bond acceptors (Lipinski definition) is 4. The molecule has 118 valence electrons. The van der Waals surface area contributed by atoms with E-state index in [0.29, 0.717) is 6.61 Å². The molecule has 0 aromatic heterocycles. The number of para-hydroxylation sites is 2. The standard InChI is InChI=1S/C17H28N2O2/c1-4-17(5-2)14-19(11-10-18-17)12-13-21-16-9-7-6-8-15(16)20-3/h6-9,18H,4-5,10-14H2,1-3H3. The van der Waals surface area contributed by atoms with Gasteiger partial charge in [-0.3, -0.25) is 4.90 Å². The van der Waals surface area contributed by atoms with E-state index in [1.54, 1.807) is 7.11 Å². The van der Waals surface area contributed by atoms with Gasteiger partial charge in [-0.15, -0.1) is 0 Å². The molecule has 0 atom stereocenters. The van der Waals surface area contributed by atoms with Crippen LogP contribution in [0.15, 0.2) is 24.3 Å². The highest BCUT2D eigenvalue weighted by Gasteiger charge is 2.31. The number of nitrogens with zero attached hydrogens (tertiary/aromatic N) is 1. The van der Waals surface area contributed by atoms with Crippen LogP contribution in [0.25, 0.3) is 0 Å². The fourth-order valence-corrected chi connectivity index (χ4v) is 2.98. The Hall–Kier alpha value is -1.26. The molecule has 1 N–H and O–H groups in total. The smallest absolute Gasteiger partial charge is 0.161 e. The van der Waals surface area contributed by atoms with Gasteiger partial charge in [0.2, 0.25) is 0 Å². The van der Waals surface area contributed by atoms with E-state index < -0.39 is 0 Å². The van der Waals surface area contributed by atoms with Crippen molar-refractivity contribution in [3.63, 3.8) is 0 Å². The molecule has 1 aliphatic heterocycles. The molecule has 4 nitrogen and oxygen atoms in total. The van der Waals surface area contributed by atoms with Gasteiger partial charge in [0.1, 0.15) is 6.61 Å². The van der Waals surface area contributed by atoms with E-state index in [-0.39, 0.29) is 5.54 Å². The van der Waals surface area contributed by atoms with Crippen molar-refractivity contribution in [3.05, 3.63) is 24.3 Å². The predicted molar refractivity (Wildman–Crippen MR) is 86.2 cm³/mol. The Bertz CT molecular complexity index is 433. The number of nitrogens with one attached hydrogen (secondary N) is 1. The molecule has 1 aromatic rings. The summed E-state index contributed by atoms with van der Waals surface area (Å²) in [5, 5.41) is 3.69. The van der Waals surface area contributed by atoms with Crippen molar-refractivity contribution in [1.82, 2.24) is 10.2 Å². The molecule has 0 saturated carbocycles. The largest absolute Gasteiger partial charge is 0.493 e. The number of hydrogen-bond donors (Lipinski definition) is 1. The first kappa shape index (κ1) is 16.1. The third-order valence-corrected chi connectivity index (χ3v) is 4.54. The number of ether oxygens (including phenoxy) is 2. The summed E-state index contributed by atoms with van der Waals surface area (Å²) in [6.07, 6.45) is 2.35. The van der Waals surface area contributed by atoms with Gasteiger partial charge in [0.25, 0.3) is 0 Å². The highest BCUT2D eigenvalue weighted by Crippen LogP contribution is 2.26. The second-order valence-corrected chi connectivity index (χ2v) is 5.69. The van der Waals surface area contributed by atoms with Crippen molar-refractivity contribution in [3.8, 4) is 11.5 Å². The molecular weight excluding hydrogens is 264 g/mol. The monoisotopic (exact) mass is 292 g/mol. The van der Waals surface area contributed by atoms with E-state index in [1.165, 1.54) is 12.8 Å². The Morgan fingerprint density at radius 3 is 2.57 bits per heavy atom. The number of rotatable bonds is 7. The molecule has 1 heterocycles. The predicted octanol–water partition coefficient (Wildman–Crippen LogP) is 2.54. The Morgan fingerprint density at radius 1 is 1.19 bits per heavy atom. The van der Waals surface area contributed by atoms with Crippen LogP contribution in [0.4, 0.5) is 0 Å². The van der Waals surface area contributed by atoms with Gasteiger partial charge in [-0.1, -0.05) is 26.0 Å². The van der Waals surface area contributed by atoms with Crippen LogP contribution in [0.5, 0.6) is 11.5 Å². The summed E-state index contributed by atoms with van der Waals surface area (Å²) < 4.78 is 11.2. The molecule has 0 bridgehead atoms. The molecule has 1 saturated heterocycles. The second kappa shape index (κ2) is 7.66. The van der Waals surface area contributed by atoms with Crippen molar-refractivity contribution in [2.45, 2.75) is 32.2 Å². The van der Waals surface area contributed by atoms with E-state index in [9.17, 15) is 0 Å². The van der Waals surface area contributed by atoms with Crippen LogP contribution in [-0.2, 0) is 0 Å². The fraction of sp³-hybridized carbons (Fsp3) is 0.647. The van der Waals surface area contributed by atoms with Gasteiger partial charge in [0.15, 0.2) is 11.5 Å². The summed E-state index contributed by atoms with van der Waals surface area (Å²) in [5.74, 6) is 1.63. The van der Waals surface area contributed by atoms with Crippen LogP contribution < -0.4 is 14.8 Å². The lowest BCUT2D eigenvalue weighted by atomic mass is 9.90. The van der Waals surface area contributed by atoms with Gasteiger partial charge in [-0.05, 0) is 25.0 Å². The normalized spacial score (nSPS) is 18.4. The second-order valence-electron chi connectivity index (χ2n) is 5.69. The minimum Gasteiger partial charge on any atom is -0.493 e. The van der Waals surface area contributed by atoms with Gasteiger partial charge in [0.05, 0.1) is 7.11 Å². The molecule has 21 heavy (non-hydrogen) atoms. The maximum atomic E-state index is 5.88. The molecule has 0 aliphatic carbocycles. The Kier molecular flexibility index (Phi) is 5.88. The molecule has 4 heteroatoms. The lowest BCUT2D eigenvalue weighted by molar-refractivity contribution is 0.107. The Balaban J connectivity index is 1.83. The fourth-order valence-electron chi connectivity index (χ4n) is 2.98. The summed E-state index contributed by atoms with van der Waals surface area (Å²) in [7, 11) is 1.68. The molecular formula is C17H28N2O2. The summed E-state index contributed by atoms with van der Waals surface area (Å²) in [4.78, 5) is 2.50. The maximum absolute atomic E-state index is 5.88. The lowest BCUT2D eigenvalue weighted by Gasteiger charge is -2.43. The van der Waals surface area contributed by atoms with Gasteiger partial charge in [-0.25, -0.2) is 0 Å². The van der Waals surface area contributed by atoms with Crippen molar-refractivity contribution in [1.29, 1.82) is 0 Å². The third kappa shape index (κ3) is 4.11. The Labute approximate surface area is 128 Å². The molecule has 0 spiro atoms. The van der Waals surface area contributed by atoms with Crippen molar-refractivity contribution in [2.24, 2.45) is 0 Å². The molecule has 0 unspecified atom stereocenters. The zero-order chi connectivity index (χ0) is 15.1. The van der Waals surface area contributed by atoms with Gasteiger partial charge in [-0.2, -0.15) is 0 Å².